The van der Waals surface area contributed by atoms with Crippen molar-refractivity contribution in [1.29, 1.82) is 0 Å². The topological polar surface area (TPSA) is 57.0 Å². The third-order valence-electron chi connectivity index (χ3n) is 8.25. The van der Waals surface area contributed by atoms with E-state index in [1.165, 1.54) is 34.2 Å². The Balaban J connectivity index is 1.37. The maximum Gasteiger partial charge on any atom is 0.127 e. The van der Waals surface area contributed by atoms with Gasteiger partial charge in [-0.05, 0) is 101 Å². The number of rotatable bonds is 8. The van der Waals surface area contributed by atoms with Crippen molar-refractivity contribution in [2.24, 2.45) is 0 Å². The van der Waals surface area contributed by atoms with Crippen molar-refractivity contribution in [1.82, 2.24) is 4.90 Å². The van der Waals surface area contributed by atoms with Crippen molar-refractivity contribution in [2.45, 2.75) is 71.6 Å². The number of nitrogen functional groups attached to an aromatic ring is 1. The highest BCUT2D eigenvalue weighted by Crippen LogP contribution is 2.52. The zero-order valence-corrected chi connectivity index (χ0v) is 22.8. The number of nitrogens with zero attached hydrogens (tertiary/aromatic N) is 1. The standard InChI is InChI=1S/C32H40N2O3/c1-21-22(2)31-29(23(3)30(21)36-19-24-10-7-6-8-11-24)28(32(4,5)37-31)18-34-17-9-12-26(34)20-35-27-15-13-25(33)14-16-27/h6-8,10-11,13-16,26,28H,9,12,17-20,33H2,1-5H3/t26-,28?/m0/s1. The molecule has 0 bridgehead atoms. The molecule has 1 fully saturated rings. The zero-order valence-electron chi connectivity index (χ0n) is 22.8. The molecule has 1 saturated heterocycles. The van der Waals surface area contributed by atoms with Crippen molar-refractivity contribution >= 4 is 5.69 Å². The van der Waals surface area contributed by atoms with E-state index in [4.69, 9.17) is 19.9 Å². The third kappa shape index (κ3) is 5.15. The molecule has 0 spiro atoms. The van der Waals surface area contributed by atoms with Crippen LogP contribution in [0.3, 0.4) is 0 Å². The van der Waals surface area contributed by atoms with Crippen LogP contribution in [0.4, 0.5) is 5.69 Å². The fourth-order valence-corrected chi connectivity index (χ4v) is 5.92. The molecule has 3 aromatic carbocycles. The molecule has 2 aliphatic rings. The summed E-state index contributed by atoms with van der Waals surface area (Å²) in [5.74, 6) is 3.16. The van der Waals surface area contributed by atoms with Crippen LogP contribution in [-0.2, 0) is 6.61 Å². The van der Waals surface area contributed by atoms with Crippen molar-refractivity contribution in [3.63, 3.8) is 0 Å². The summed E-state index contributed by atoms with van der Waals surface area (Å²) >= 11 is 0. The molecular weight excluding hydrogens is 460 g/mol. The number of hydrogen-bond donors (Lipinski definition) is 1. The molecule has 5 rings (SSSR count). The summed E-state index contributed by atoms with van der Waals surface area (Å²) in [5, 5.41) is 0. The first-order chi connectivity index (χ1) is 17.7. The smallest absolute Gasteiger partial charge is 0.127 e. The van der Waals surface area contributed by atoms with Crippen molar-refractivity contribution in [3.05, 3.63) is 82.4 Å². The van der Waals surface area contributed by atoms with Crippen LogP contribution in [0.15, 0.2) is 54.6 Å². The first kappa shape index (κ1) is 25.5. The van der Waals surface area contributed by atoms with Crippen LogP contribution in [0.2, 0.25) is 0 Å². The van der Waals surface area contributed by atoms with Gasteiger partial charge in [0.05, 0.1) is 0 Å². The molecular formula is C32H40N2O3. The van der Waals surface area contributed by atoms with E-state index < -0.39 is 0 Å². The summed E-state index contributed by atoms with van der Waals surface area (Å²) < 4.78 is 19.3. The average Bonchev–Trinajstić information content (AvgIpc) is 3.44. The molecule has 2 atom stereocenters. The zero-order chi connectivity index (χ0) is 26.2. The van der Waals surface area contributed by atoms with Gasteiger partial charge in [-0.25, -0.2) is 0 Å². The van der Waals surface area contributed by atoms with Gasteiger partial charge in [-0.15, -0.1) is 0 Å². The number of benzene rings is 3. The van der Waals surface area contributed by atoms with Crippen LogP contribution in [0.1, 0.15) is 60.4 Å². The molecule has 0 amide bonds. The summed E-state index contributed by atoms with van der Waals surface area (Å²) in [6.07, 6.45) is 2.33. The van der Waals surface area contributed by atoms with Crippen molar-refractivity contribution < 1.29 is 14.2 Å². The molecule has 196 valence electrons. The van der Waals surface area contributed by atoms with E-state index in [2.05, 4.69) is 63.8 Å². The Morgan fingerprint density at radius 3 is 2.41 bits per heavy atom. The highest BCUT2D eigenvalue weighted by molar-refractivity contribution is 5.62. The van der Waals surface area contributed by atoms with E-state index in [1.807, 2.05) is 30.3 Å². The summed E-state index contributed by atoms with van der Waals surface area (Å²) in [6.45, 7) is 14.2. The number of hydrogen-bond acceptors (Lipinski definition) is 5. The molecule has 1 unspecified atom stereocenters. The van der Waals surface area contributed by atoms with Gasteiger partial charge in [0.1, 0.15) is 36.1 Å². The van der Waals surface area contributed by atoms with E-state index >= 15 is 0 Å². The second-order valence-electron chi connectivity index (χ2n) is 11.2. The average molecular weight is 501 g/mol. The van der Waals surface area contributed by atoms with Gasteiger partial charge in [-0.2, -0.15) is 0 Å². The number of nitrogens with two attached hydrogens (primary N) is 1. The highest BCUT2D eigenvalue weighted by atomic mass is 16.5. The normalized spacial score (nSPS) is 20.5. The number of ether oxygens (including phenoxy) is 3. The Kier molecular flexibility index (Phi) is 7.09. The molecule has 3 aromatic rings. The maximum atomic E-state index is 6.68. The predicted octanol–water partition coefficient (Wildman–Crippen LogP) is 6.57. The van der Waals surface area contributed by atoms with Crippen LogP contribution in [0, 0.1) is 20.8 Å². The second-order valence-corrected chi connectivity index (χ2v) is 11.2. The molecule has 0 aliphatic carbocycles. The maximum absolute atomic E-state index is 6.68. The molecule has 5 nitrogen and oxygen atoms in total. The molecule has 2 N–H and O–H groups in total. The summed E-state index contributed by atoms with van der Waals surface area (Å²) in [5.41, 5.74) is 12.3. The molecule has 0 aromatic heterocycles. The molecule has 0 radical (unpaired) electrons. The minimum Gasteiger partial charge on any atom is -0.492 e. The third-order valence-corrected chi connectivity index (χ3v) is 8.25. The van der Waals surface area contributed by atoms with Gasteiger partial charge in [0, 0.05) is 29.8 Å². The lowest BCUT2D eigenvalue weighted by atomic mass is 9.82. The number of likely N-dealkylation sites (tertiary alicyclic amines) is 1. The van der Waals surface area contributed by atoms with Gasteiger partial charge < -0.3 is 19.9 Å². The Labute approximate surface area is 221 Å². The summed E-state index contributed by atoms with van der Waals surface area (Å²) in [6, 6.07) is 18.4. The molecule has 2 aliphatic heterocycles. The minimum absolute atomic E-state index is 0.248. The lowest BCUT2D eigenvalue weighted by Crippen LogP contribution is -2.42. The fourth-order valence-electron chi connectivity index (χ4n) is 5.92. The first-order valence-electron chi connectivity index (χ1n) is 13.5. The lowest BCUT2D eigenvalue weighted by molar-refractivity contribution is 0.0791. The van der Waals surface area contributed by atoms with Gasteiger partial charge in [-0.3, -0.25) is 4.90 Å². The van der Waals surface area contributed by atoms with E-state index in [0.717, 1.165) is 42.4 Å². The molecule has 2 heterocycles. The Bertz CT molecular complexity index is 1240. The molecule has 0 saturated carbocycles. The number of anilines is 1. The van der Waals surface area contributed by atoms with Gasteiger partial charge in [0.2, 0.25) is 0 Å². The minimum atomic E-state index is -0.298. The van der Waals surface area contributed by atoms with Crippen molar-refractivity contribution in [3.8, 4) is 17.2 Å². The molecule has 37 heavy (non-hydrogen) atoms. The van der Waals surface area contributed by atoms with E-state index in [-0.39, 0.29) is 11.5 Å². The summed E-state index contributed by atoms with van der Waals surface area (Å²) in [7, 11) is 0. The van der Waals surface area contributed by atoms with Crippen LogP contribution in [0.25, 0.3) is 0 Å². The van der Waals surface area contributed by atoms with Crippen LogP contribution in [-0.4, -0.2) is 36.2 Å². The van der Waals surface area contributed by atoms with Crippen LogP contribution >= 0.6 is 0 Å². The van der Waals surface area contributed by atoms with Crippen LogP contribution < -0.4 is 19.9 Å². The lowest BCUT2D eigenvalue weighted by Gasteiger charge is -2.33. The second kappa shape index (κ2) is 10.3. The predicted molar refractivity (Wildman–Crippen MR) is 150 cm³/mol. The van der Waals surface area contributed by atoms with E-state index in [1.54, 1.807) is 0 Å². The van der Waals surface area contributed by atoms with E-state index in [0.29, 0.717) is 19.3 Å². The highest BCUT2D eigenvalue weighted by Gasteiger charge is 2.46. The Morgan fingerprint density at radius 2 is 1.68 bits per heavy atom. The fraction of sp³-hybridized carbons (Fsp3) is 0.438. The number of fused-ring (bicyclic) bond motifs is 1. The van der Waals surface area contributed by atoms with Crippen LogP contribution in [0.5, 0.6) is 17.2 Å². The first-order valence-corrected chi connectivity index (χ1v) is 13.5. The van der Waals surface area contributed by atoms with Gasteiger partial charge in [-0.1, -0.05) is 30.3 Å². The monoisotopic (exact) mass is 500 g/mol. The van der Waals surface area contributed by atoms with E-state index in [9.17, 15) is 0 Å². The quantitative estimate of drug-likeness (QED) is 0.355. The van der Waals surface area contributed by atoms with Crippen molar-refractivity contribution in [2.75, 3.05) is 25.4 Å². The van der Waals surface area contributed by atoms with Gasteiger partial charge in [0.15, 0.2) is 0 Å². The van der Waals surface area contributed by atoms with Gasteiger partial charge in [0.25, 0.3) is 0 Å². The summed E-state index contributed by atoms with van der Waals surface area (Å²) in [4.78, 5) is 2.60. The SMILES string of the molecule is Cc1c(C)c2c(c(C)c1OCc1ccccc1)C(CN1CCC[C@H]1COc1ccc(N)cc1)C(C)(C)O2. The largest absolute Gasteiger partial charge is 0.492 e. The Morgan fingerprint density at radius 1 is 0.946 bits per heavy atom. The Hall–Kier alpha value is -3.18. The molecule has 5 heteroatoms. The van der Waals surface area contributed by atoms with Gasteiger partial charge >= 0.3 is 0 Å².